The average Bonchev–Trinajstić information content (AvgIpc) is 2.14. The second-order valence-electron chi connectivity index (χ2n) is 2.81. The minimum absolute atomic E-state index is 0.190. The summed E-state index contributed by atoms with van der Waals surface area (Å²) >= 11 is 0. The van der Waals surface area contributed by atoms with Crippen LogP contribution in [-0.4, -0.2) is 0 Å². The summed E-state index contributed by atoms with van der Waals surface area (Å²) in [6.45, 7) is 3.72. The summed E-state index contributed by atoms with van der Waals surface area (Å²) in [7, 11) is 0. The Labute approximate surface area is 80.2 Å². The predicted octanol–water partition coefficient (Wildman–Crippen LogP) is 2.76. The fourth-order valence-corrected chi connectivity index (χ4v) is 0.408. The molecule has 0 saturated carbocycles. The molecule has 3 nitrogen and oxygen atoms in total. The Morgan fingerprint density at radius 2 is 1.23 bits per heavy atom. The SMILES string of the molecule is CC(C)C#N.N#CCCCCC#N. The molecule has 0 aliphatic heterocycles. The molecular formula is C10H15N3. The summed E-state index contributed by atoms with van der Waals surface area (Å²) in [6.07, 6.45) is 2.90. The van der Waals surface area contributed by atoms with Crippen LogP contribution in [0.5, 0.6) is 0 Å². The minimum Gasteiger partial charge on any atom is -0.198 e. The van der Waals surface area contributed by atoms with Crippen LogP contribution in [0.2, 0.25) is 0 Å². The Morgan fingerprint density at radius 3 is 1.38 bits per heavy atom. The van der Waals surface area contributed by atoms with Gasteiger partial charge in [0.25, 0.3) is 0 Å². The standard InChI is InChI=1S/C6H8N2.C4H7N/c7-5-3-1-2-4-6-8;1-4(2)3-5/h1-4H2;4H,1-2H3. The van der Waals surface area contributed by atoms with Crippen LogP contribution in [0, 0.1) is 39.9 Å². The van der Waals surface area contributed by atoms with E-state index in [0.717, 1.165) is 12.8 Å². The van der Waals surface area contributed by atoms with Gasteiger partial charge < -0.3 is 0 Å². The monoisotopic (exact) mass is 177 g/mol. The molecule has 70 valence electrons. The quantitative estimate of drug-likeness (QED) is 0.622. The molecule has 0 amide bonds. The first-order valence-corrected chi connectivity index (χ1v) is 4.32. The second kappa shape index (κ2) is 13.1. The number of unbranched alkanes of at least 4 members (excludes halogenated alkanes) is 3. The van der Waals surface area contributed by atoms with Crippen LogP contribution in [0.25, 0.3) is 0 Å². The third kappa shape index (κ3) is 25.1. The van der Waals surface area contributed by atoms with E-state index < -0.39 is 0 Å². The molecular weight excluding hydrogens is 162 g/mol. The van der Waals surface area contributed by atoms with Crippen molar-refractivity contribution in [2.75, 3.05) is 0 Å². The summed E-state index contributed by atoms with van der Waals surface area (Å²) in [5.74, 6) is 0.190. The van der Waals surface area contributed by atoms with Crippen molar-refractivity contribution in [3.8, 4) is 18.2 Å². The summed E-state index contributed by atoms with van der Waals surface area (Å²) in [5.41, 5.74) is 0. The van der Waals surface area contributed by atoms with E-state index in [2.05, 4.69) is 0 Å². The van der Waals surface area contributed by atoms with Crippen molar-refractivity contribution in [2.24, 2.45) is 5.92 Å². The van der Waals surface area contributed by atoms with Crippen LogP contribution in [-0.2, 0) is 0 Å². The molecule has 0 aromatic carbocycles. The molecule has 0 saturated heterocycles. The third-order valence-electron chi connectivity index (χ3n) is 1.09. The van der Waals surface area contributed by atoms with Gasteiger partial charge in [-0.2, -0.15) is 15.8 Å². The van der Waals surface area contributed by atoms with Crippen LogP contribution in [0.3, 0.4) is 0 Å². The van der Waals surface area contributed by atoms with Gasteiger partial charge in [-0.3, -0.25) is 0 Å². The molecule has 0 aliphatic carbocycles. The third-order valence-corrected chi connectivity index (χ3v) is 1.09. The molecule has 0 aromatic rings. The van der Waals surface area contributed by atoms with Gasteiger partial charge in [0.2, 0.25) is 0 Å². The van der Waals surface area contributed by atoms with Crippen LogP contribution in [0.4, 0.5) is 0 Å². The van der Waals surface area contributed by atoms with Gasteiger partial charge in [0.15, 0.2) is 0 Å². The van der Waals surface area contributed by atoms with Gasteiger partial charge in [-0.15, -0.1) is 0 Å². The highest BCUT2D eigenvalue weighted by molar-refractivity contribution is 4.73. The maximum absolute atomic E-state index is 8.03. The Balaban J connectivity index is 0. The van der Waals surface area contributed by atoms with Crippen molar-refractivity contribution < 1.29 is 0 Å². The summed E-state index contributed by atoms with van der Waals surface area (Å²) in [4.78, 5) is 0. The average molecular weight is 177 g/mol. The highest BCUT2D eigenvalue weighted by atomic mass is 14.2. The Kier molecular flexibility index (Phi) is 14.1. The Hall–Kier alpha value is -1.53. The van der Waals surface area contributed by atoms with Crippen LogP contribution in [0.15, 0.2) is 0 Å². The van der Waals surface area contributed by atoms with Crippen molar-refractivity contribution >= 4 is 0 Å². The summed E-state index contributed by atoms with van der Waals surface area (Å²) < 4.78 is 0. The van der Waals surface area contributed by atoms with E-state index in [-0.39, 0.29) is 5.92 Å². The first-order valence-electron chi connectivity index (χ1n) is 4.32. The Bertz CT molecular complexity index is 196. The minimum atomic E-state index is 0.190. The highest BCUT2D eigenvalue weighted by Gasteiger charge is 1.83. The van der Waals surface area contributed by atoms with Gasteiger partial charge in [-0.05, 0) is 26.7 Å². The van der Waals surface area contributed by atoms with E-state index >= 15 is 0 Å². The first kappa shape index (κ1) is 14.0. The van der Waals surface area contributed by atoms with E-state index in [1.165, 1.54) is 0 Å². The molecule has 0 fully saturated rings. The molecule has 0 atom stereocenters. The van der Waals surface area contributed by atoms with E-state index in [4.69, 9.17) is 15.8 Å². The molecule has 0 aromatic heterocycles. The molecule has 0 bridgehead atoms. The van der Waals surface area contributed by atoms with Gasteiger partial charge in [-0.25, -0.2) is 0 Å². The second-order valence-corrected chi connectivity index (χ2v) is 2.81. The topological polar surface area (TPSA) is 71.4 Å². The molecule has 0 rings (SSSR count). The van der Waals surface area contributed by atoms with Crippen LogP contribution < -0.4 is 0 Å². The lowest BCUT2D eigenvalue weighted by molar-refractivity contribution is 0.773. The predicted molar refractivity (Wildman–Crippen MR) is 50.1 cm³/mol. The number of rotatable bonds is 3. The summed E-state index contributed by atoms with van der Waals surface area (Å²) in [5, 5.41) is 24.0. The molecule has 0 heterocycles. The van der Waals surface area contributed by atoms with Crippen LogP contribution in [0.1, 0.15) is 39.5 Å². The van der Waals surface area contributed by atoms with Gasteiger partial charge in [-0.1, -0.05) is 0 Å². The van der Waals surface area contributed by atoms with Gasteiger partial charge >= 0.3 is 0 Å². The summed E-state index contributed by atoms with van der Waals surface area (Å²) in [6, 6.07) is 6.06. The fraction of sp³-hybridized carbons (Fsp3) is 0.700. The van der Waals surface area contributed by atoms with E-state index in [1.807, 2.05) is 32.1 Å². The van der Waals surface area contributed by atoms with E-state index in [0.29, 0.717) is 12.8 Å². The molecule has 0 N–H and O–H groups in total. The van der Waals surface area contributed by atoms with Crippen molar-refractivity contribution in [2.45, 2.75) is 39.5 Å². The number of hydrogen-bond donors (Lipinski definition) is 0. The molecule has 0 radical (unpaired) electrons. The molecule has 13 heavy (non-hydrogen) atoms. The number of nitrogens with zero attached hydrogens (tertiary/aromatic N) is 3. The molecule has 0 aliphatic rings. The lowest BCUT2D eigenvalue weighted by Gasteiger charge is -1.83. The Morgan fingerprint density at radius 1 is 0.923 bits per heavy atom. The largest absolute Gasteiger partial charge is 0.198 e. The fourth-order valence-electron chi connectivity index (χ4n) is 0.408. The van der Waals surface area contributed by atoms with Gasteiger partial charge in [0, 0.05) is 18.8 Å². The lowest BCUT2D eigenvalue weighted by atomic mass is 10.2. The van der Waals surface area contributed by atoms with Gasteiger partial charge in [0.05, 0.1) is 18.2 Å². The lowest BCUT2D eigenvalue weighted by Crippen LogP contribution is -1.72. The zero-order valence-electron chi connectivity index (χ0n) is 8.25. The first-order chi connectivity index (χ1) is 6.18. The van der Waals surface area contributed by atoms with E-state index in [9.17, 15) is 0 Å². The van der Waals surface area contributed by atoms with Crippen molar-refractivity contribution in [3.63, 3.8) is 0 Å². The molecule has 0 unspecified atom stereocenters. The number of hydrogen-bond acceptors (Lipinski definition) is 3. The van der Waals surface area contributed by atoms with Crippen molar-refractivity contribution in [3.05, 3.63) is 0 Å². The van der Waals surface area contributed by atoms with Crippen molar-refractivity contribution in [1.29, 1.82) is 15.8 Å². The van der Waals surface area contributed by atoms with Crippen LogP contribution >= 0.6 is 0 Å². The zero-order chi connectivity index (χ0) is 10.5. The smallest absolute Gasteiger partial charge is 0.0649 e. The highest BCUT2D eigenvalue weighted by Crippen LogP contribution is 1.95. The number of nitriles is 3. The normalized spacial score (nSPS) is 7.38. The van der Waals surface area contributed by atoms with Gasteiger partial charge in [0.1, 0.15) is 0 Å². The van der Waals surface area contributed by atoms with Crippen molar-refractivity contribution in [1.82, 2.24) is 0 Å². The maximum Gasteiger partial charge on any atom is 0.0649 e. The molecule has 3 heteroatoms. The zero-order valence-corrected chi connectivity index (χ0v) is 8.25. The maximum atomic E-state index is 8.03. The molecule has 0 spiro atoms. The van der Waals surface area contributed by atoms with E-state index in [1.54, 1.807) is 0 Å².